The highest BCUT2D eigenvalue weighted by atomic mass is 19.1. The number of pyridine rings is 1. The van der Waals surface area contributed by atoms with Crippen molar-refractivity contribution in [1.82, 2.24) is 29.5 Å². The van der Waals surface area contributed by atoms with Gasteiger partial charge >= 0.3 is 0 Å². The highest BCUT2D eigenvalue weighted by Crippen LogP contribution is 2.23. The predicted octanol–water partition coefficient (Wildman–Crippen LogP) is 4.31. The predicted molar refractivity (Wildman–Crippen MR) is 126 cm³/mol. The zero-order valence-electron chi connectivity index (χ0n) is 18.4. The number of halogens is 1. The van der Waals surface area contributed by atoms with E-state index in [-0.39, 0.29) is 11.5 Å². The van der Waals surface area contributed by atoms with Crippen molar-refractivity contribution >= 4 is 22.6 Å². The van der Waals surface area contributed by atoms with E-state index in [1.807, 2.05) is 24.3 Å². The lowest BCUT2D eigenvalue weighted by Gasteiger charge is -2.16. The number of likely N-dealkylation sites (tertiary alicyclic amines) is 1. The minimum absolute atomic E-state index is 0.0915. The smallest absolute Gasteiger partial charge is 0.256 e. The highest BCUT2D eigenvalue weighted by Gasteiger charge is 2.22. The summed E-state index contributed by atoms with van der Waals surface area (Å²) in [5.41, 5.74) is 4.07. The maximum Gasteiger partial charge on any atom is 0.256 e. The van der Waals surface area contributed by atoms with E-state index < -0.39 is 5.82 Å². The highest BCUT2D eigenvalue weighted by molar-refractivity contribution is 5.95. The van der Waals surface area contributed by atoms with E-state index in [0.717, 1.165) is 35.0 Å². The Labute approximate surface area is 194 Å². The third-order valence-corrected chi connectivity index (χ3v) is 6.24. The molecule has 3 aromatic heterocycles. The zero-order valence-corrected chi connectivity index (χ0v) is 18.4. The number of amides is 1. The van der Waals surface area contributed by atoms with Gasteiger partial charge in [0.25, 0.3) is 11.7 Å². The molecule has 2 aromatic carbocycles. The molecule has 8 heteroatoms. The second-order valence-electron chi connectivity index (χ2n) is 8.51. The molecular weight excluding hydrogens is 431 g/mol. The maximum absolute atomic E-state index is 14.9. The van der Waals surface area contributed by atoms with Gasteiger partial charge in [-0.3, -0.25) is 9.78 Å². The van der Waals surface area contributed by atoms with Crippen molar-refractivity contribution in [2.45, 2.75) is 19.3 Å². The Hall–Kier alpha value is -4.20. The first-order valence-electron chi connectivity index (χ1n) is 11.3. The van der Waals surface area contributed by atoms with Crippen molar-refractivity contribution in [3.05, 3.63) is 89.8 Å². The molecule has 34 heavy (non-hydrogen) atoms. The van der Waals surface area contributed by atoms with Crippen LogP contribution in [0.15, 0.2) is 67.1 Å². The topological polar surface area (TPSA) is 76.3 Å². The number of hydrogen-bond acceptors (Lipinski definition) is 5. The van der Waals surface area contributed by atoms with Crippen molar-refractivity contribution < 1.29 is 9.18 Å². The molecule has 0 unspecified atom stereocenters. The van der Waals surface area contributed by atoms with Gasteiger partial charge in [0.2, 0.25) is 0 Å². The number of aromatic nitrogens is 5. The second-order valence-corrected chi connectivity index (χ2v) is 8.51. The molecule has 1 aliphatic rings. The SMILES string of the molecule is O=C(c1ccc(-c2cnc3ncc(Cc4ccc5ncccc5c4)n3n2)cc1F)N1CCCC1. The van der Waals surface area contributed by atoms with E-state index in [9.17, 15) is 9.18 Å². The largest absolute Gasteiger partial charge is 0.339 e. The molecule has 1 fully saturated rings. The number of carbonyl (C=O) groups is 1. The number of imidazole rings is 1. The molecule has 5 aromatic rings. The van der Waals surface area contributed by atoms with Crippen LogP contribution >= 0.6 is 0 Å². The minimum Gasteiger partial charge on any atom is -0.339 e. The molecule has 4 heterocycles. The van der Waals surface area contributed by atoms with Gasteiger partial charge in [-0.15, -0.1) is 0 Å². The minimum atomic E-state index is -0.549. The maximum atomic E-state index is 14.9. The molecule has 6 rings (SSSR count). The number of hydrogen-bond donors (Lipinski definition) is 0. The van der Waals surface area contributed by atoms with E-state index in [1.54, 1.807) is 34.1 Å². The van der Waals surface area contributed by atoms with Gasteiger partial charge in [0.1, 0.15) is 11.5 Å². The van der Waals surface area contributed by atoms with Crippen LogP contribution in [0.2, 0.25) is 0 Å². The molecule has 1 saturated heterocycles. The van der Waals surface area contributed by atoms with E-state index in [0.29, 0.717) is 36.5 Å². The quantitative estimate of drug-likeness (QED) is 0.406. The Morgan fingerprint density at radius 2 is 1.82 bits per heavy atom. The molecule has 0 radical (unpaired) electrons. The van der Waals surface area contributed by atoms with Crippen LogP contribution in [0, 0.1) is 5.82 Å². The molecule has 0 saturated carbocycles. The molecule has 1 amide bonds. The van der Waals surface area contributed by atoms with Gasteiger partial charge in [0.15, 0.2) is 0 Å². The van der Waals surface area contributed by atoms with Crippen LogP contribution in [-0.4, -0.2) is 48.5 Å². The number of rotatable bonds is 4. The standard InChI is InChI=1S/C26H21FN6O/c27-22-14-19(6-7-21(22)25(34)32-10-1-2-11-32)24-16-30-26-29-15-20(33(26)31-24)13-17-5-8-23-18(12-17)4-3-9-28-23/h3-9,12,14-16H,1-2,10-11,13H2. The molecule has 0 spiro atoms. The van der Waals surface area contributed by atoms with Gasteiger partial charge in [-0.2, -0.15) is 5.10 Å². The van der Waals surface area contributed by atoms with Gasteiger partial charge in [-0.1, -0.05) is 18.2 Å². The van der Waals surface area contributed by atoms with Crippen LogP contribution in [0.3, 0.4) is 0 Å². The molecule has 0 N–H and O–H groups in total. The van der Waals surface area contributed by atoms with Gasteiger partial charge in [0, 0.05) is 36.7 Å². The fourth-order valence-corrected chi connectivity index (χ4v) is 4.45. The van der Waals surface area contributed by atoms with Gasteiger partial charge in [0.05, 0.1) is 29.2 Å². The lowest BCUT2D eigenvalue weighted by molar-refractivity contribution is 0.0788. The van der Waals surface area contributed by atoms with E-state index in [4.69, 9.17) is 0 Å². The van der Waals surface area contributed by atoms with Crippen LogP contribution in [0.25, 0.3) is 27.9 Å². The summed E-state index contributed by atoms with van der Waals surface area (Å²) in [5, 5.41) is 5.74. The van der Waals surface area contributed by atoms with E-state index in [2.05, 4.69) is 26.1 Å². The summed E-state index contributed by atoms with van der Waals surface area (Å²) < 4.78 is 16.6. The summed E-state index contributed by atoms with van der Waals surface area (Å²) in [6.07, 6.45) is 7.65. The van der Waals surface area contributed by atoms with E-state index >= 15 is 0 Å². The van der Waals surface area contributed by atoms with Crippen LogP contribution in [0.1, 0.15) is 34.5 Å². The Morgan fingerprint density at radius 1 is 0.971 bits per heavy atom. The zero-order chi connectivity index (χ0) is 23.1. The third-order valence-electron chi connectivity index (χ3n) is 6.24. The lowest BCUT2D eigenvalue weighted by atomic mass is 10.1. The molecule has 0 bridgehead atoms. The summed E-state index contributed by atoms with van der Waals surface area (Å²) >= 11 is 0. The Bertz CT molecular complexity index is 1540. The number of fused-ring (bicyclic) bond motifs is 2. The lowest BCUT2D eigenvalue weighted by Crippen LogP contribution is -2.28. The van der Waals surface area contributed by atoms with Gasteiger partial charge < -0.3 is 4.90 Å². The van der Waals surface area contributed by atoms with Crippen LogP contribution in [0.4, 0.5) is 4.39 Å². The van der Waals surface area contributed by atoms with Crippen LogP contribution < -0.4 is 0 Å². The summed E-state index contributed by atoms with van der Waals surface area (Å²) in [4.78, 5) is 27.4. The summed E-state index contributed by atoms with van der Waals surface area (Å²) in [6.45, 7) is 1.36. The molecule has 0 atom stereocenters. The second kappa shape index (κ2) is 8.30. The summed E-state index contributed by atoms with van der Waals surface area (Å²) in [7, 11) is 0. The first kappa shape index (κ1) is 20.4. The molecule has 0 aliphatic carbocycles. The summed E-state index contributed by atoms with van der Waals surface area (Å²) in [6, 6.07) is 14.7. The average Bonchev–Trinajstić information content (AvgIpc) is 3.54. The monoisotopic (exact) mass is 452 g/mol. The Kier molecular flexibility index (Phi) is 4.98. The first-order valence-corrected chi connectivity index (χ1v) is 11.3. The number of carbonyl (C=O) groups excluding carboxylic acids is 1. The molecular formula is C26H21FN6O. The molecule has 7 nitrogen and oxygen atoms in total. The fourth-order valence-electron chi connectivity index (χ4n) is 4.45. The van der Waals surface area contributed by atoms with Crippen LogP contribution in [0.5, 0.6) is 0 Å². The van der Waals surface area contributed by atoms with Crippen LogP contribution in [-0.2, 0) is 6.42 Å². The fraction of sp³-hybridized carbons (Fsp3) is 0.192. The first-order chi connectivity index (χ1) is 16.7. The van der Waals surface area contributed by atoms with Crippen molar-refractivity contribution in [2.24, 2.45) is 0 Å². The van der Waals surface area contributed by atoms with Gasteiger partial charge in [-0.25, -0.2) is 18.9 Å². The average molecular weight is 452 g/mol. The normalized spacial score (nSPS) is 13.7. The van der Waals surface area contributed by atoms with E-state index in [1.165, 1.54) is 12.1 Å². The molecule has 168 valence electrons. The number of nitrogens with zero attached hydrogens (tertiary/aromatic N) is 6. The molecule has 1 aliphatic heterocycles. The summed E-state index contributed by atoms with van der Waals surface area (Å²) in [5.74, 6) is -0.333. The van der Waals surface area contributed by atoms with Crippen molar-refractivity contribution in [3.8, 4) is 11.3 Å². The van der Waals surface area contributed by atoms with Crippen molar-refractivity contribution in [1.29, 1.82) is 0 Å². The van der Waals surface area contributed by atoms with Gasteiger partial charge in [-0.05, 0) is 48.7 Å². The Morgan fingerprint density at radius 3 is 2.68 bits per heavy atom. The number of benzene rings is 2. The third kappa shape index (κ3) is 3.67. The van der Waals surface area contributed by atoms with Crippen molar-refractivity contribution in [3.63, 3.8) is 0 Å². The van der Waals surface area contributed by atoms with Crippen molar-refractivity contribution in [2.75, 3.05) is 13.1 Å². The Balaban J connectivity index is 1.31.